The smallest absolute Gasteiger partial charge is 0.233 e. The summed E-state index contributed by atoms with van der Waals surface area (Å²) in [6.45, 7) is 7.72. The standard InChI is InChI=1S/C28H41N5O4/c1-28(2,20-30-26(35)16-25(33(37)21-34)15-22-7-3-4-8-22)17-27(36)32-13-11-31(12-14-32)19-24-10-6-5-9-23(24)18-29/h5-6,9-10,21-22,25,37H,3-4,7-8,11-17,19-20H2,1-2H3,(H,30,35). The zero-order valence-corrected chi connectivity index (χ0v) is 22.2. The Hall–Kier alpha value is -2.96. The summed E-state index contributed by atoms with van der Waals surface area (Å²) in [4.78, 5) is 40.9. The number of hydroxylamine groups is 2. The first-order valence-corrected chi connectivity index (χ1v) is 13.4. The number of nitrogens with one attached hydrogen (secondary N) is 1. The molecule has 1 aliphatic carbocycles. The molecule has 1 unspecified atom stereocenters. The lowest BCUT2D eigenvalue weighted by Crippen LogP contribution is -2.49. The first kappa shape index (κ1) is 28.6. The van der Waals surface area contributed by atoms with E-state index in [1.54, 1.807) is 0 Å². The fourth-order valence-electron chi connectivity index (χ4n) is 5.37. The van der Waals surface area contributed by atoms with Crippen LogP contribution in [0.3, 0.4) is 0 Å². The zero-order chi connectivity index (χ0) is 26.8. The summed E-state index contributed by atoms with van der Waals surface area (Å²) in [6.07, 6.45) is 5.81. The van der Waals surface area contributed by atoms with Crippen LogP contribution in [0.1, 0.15) is 69.9 Å². The van der Waals surface area contributed by atoms with Gasteiger partial charge in [0.1, 0.15) is 0 Å². The quantitative estimate of drug-likeness (QED) is 0.253. The Bertz CT molecular complexity index is 962. The number of carbonyl (C=O) groups is 3. The third-order valence-corrected chi connectivity index (χ3v) is 7.63. The Kier molecular flexibility index (Phi) is 10.5. The third-order valence-electron chi connectivity index (χ3n) is 7.63. The monoisotopic (exact) mass is 511 g/mol. The molecule has 3 rings (SSSR count). The summed E-state index contributed by atoms with van der Waals surface area (Å²) >= 11 is 0. The van der Waals surface area contributed by atoms with Gasteiger partial charge < -0.3 is 10.2 Å². The average Bonchev–Trinajstić information content (AvgIpc) is 3.40. The van der Waals surface area contributed by atoms with E-state index in [0.29, 0.717) is 62.0 Å². The Balaban J connectivity index is 1.42. The van der Waals surface area contributed by atoms with Crippen LogP contribution in [-0.4, -0.2) is 77.1 Å². The van der Waals surface area contributed by atoms with Gasteiger partial charge in [-0.25, -0.2) is 5.06 Å². The van der Waals surface area contributed by atoms with Crippen LogP contribution >= 0.6 is 0 Å². The van der Waals surface area contributed by atoms with Crippen LogP contribution in [0.5, 0.6) is 0 Å². The van der Waals surface area contributed by atoms with Gasteiger partial charge in [0.05, 0.1) is 17.7 Å². The van der Waals surface area contributed by atoms with Gasteiger partial charge >= 0.3 is 0 Å². The lowest BCUT2D eigenvalue weighted by atomic mass is 9.88. The maximum atomic E-state index is 13.0. The maximum absolute atomic E-state index is 13.0. The van der Waals surface area contributed by atoms with Crippen LogP contribution in [0.25, 0.3) is 0 Å². The number of rotatable bonds is 12. The van der Waals surface area contributed by atoms with Gasteiger partial charge in [-0.1, -0.05) is 57.7 Å². The van der Waals surface area contributed by atoms with Crippen LogP contribution in [0, 0.1) is 22.7 Å². The molecular formula is C28H41N5O4. The highest BCUT2D eigenvalue weighted by Crippen LogP contribution is 2.30. The van der Waals surface area contributed by atoms with Crippen molar-refractivity contribution in [3.63, 3.8) is 0 Å². The largest absolute Gasteiger partial charge is 0.355 e. The Labute approximate surface area is 220 Å². The molecule has 2 fully saturated rings. The van der Waals surface area contributed by atoms with Crippen LogP contribution in [0.2, 0.25) is 0 Å². The SMILES string of the molecule is CC(C)(CNC(=O)CC(CC1CCCC1)N(O)C=O)CC(=O)N1CCN(Cc2ccccc2C#N)CC1. The van der Waals surface area contributed by atoms with Gasteiger partial charge in [0.15, 0.2) is 0 Å². The molecule has 1 saturated heterocycles. The maximum Gasteiger partial charge on any atom is 0.233 e. The fourth-order valence-corrected chi connectivity index (χ4v) is 5.37. The normalized spacial score (nSPS) is 17.7. The molecule has 37 heavy (non-hydrogen) atoms. The Morgan fingerprint density at radius 3 is 2.54 bits per heavy atom. The summed E-state index contributed by atoms with van der Waals surface area (Å²) in [5.74, 6) is 0.275. The molecule has 1 heterocycles. The van der Waals surface area contributed by atoms with Crippen molar-refractivity contribution in [2.45, 2.75) is 71.4 Å². The molecule has 1 aliphatic heterocycles. The van der Waals surface area contributed by atoms with Crippen LogP contribution in [0.4, 0.5) is 0 Å². The minimum Gasteiger partial charge on any atom is -0.355 e. The molecule has 9 nitrogen and oxygen atoms in total. The molecule has 3 amide bonds. The van der Waals surface area contributed by atoms with E-state index < -0.39 is 11.5 Å². The minimum absolute atomic E-state index is 0.0483. The number of benzene rings is 1. The number of nitrogens with zero attached hydrogens (tertiary/aromatic N) is 4. The molecule has 2 aliphatic rings. The van der Waals surface area contributed by atoms with Gasteiger partial charge in [0, 0.05) is 52.1 Å². The van der Waals surface area contributed by atoms with Gasteiger partial charge in [0.2, 0.25) is 18.2 Å². The van der Waals surface area contributed by atoms with Crippen molar-refractivity contribution in [1.29, 1.82) is 5.26 Å². The molecule has 0 radical (unpaired) electrons. The summed E-state index contributed by atoms with van der Waals surface area (Å²) < 4.78 is 0. The molecule has 1 atom stereocenters. The lowest BCUT2D eigenvalue weighted by molar-refractivity contribution is -0.163. The summed E-state index contributed by atoms with van der Waals surface area (Å²) in [6, 6.07) is 9.32. The van der Waals surface area contributed by atoms with Gasteiger partial charge in [0.25, 0.3) is 0 Å². The molecule has 0 bridgehead atoms. The van der Waals surface area contributed by atoms with E-state index >= 15 is 0 Å². The topological polar surface area (TPSA) is 117 Å². The number of amides is 3. The number of carbonyl (C=O) groups excluding carboxylic acids is 3. The highest BCUT2D eigenvalue weighted by molar-refractivity contribution is 5.78. The first-order chi connectivity index (χ1) is 17.7. The molecule has 9 heteroatoms. The Morgan fingerprint density at radius 1 is 1.22 bits per heavy atom. The molecule has 1 aromatic carbocycles. The highest BCUT2D eigenvalue weighted by Gasteiger charge is 2.30. The lowest BCUT2D eigenvalue weighted by Gasteiger charge is -2.36. The van der Waals surface area contributed by atoms with E-state index in [4.69, 9.17) is 0 Å². The molecule has 1 saturated carbocycles. The van der Waals surface area contributed by atoms with Crippen molar-refractivity contribution in [1.82, 2.24) is 20.2 Å². The number of hydrogen-bond donors (Lipinski definition) is 2. The number of nitriles is 1. The van der Waals surface area contributed by atoms with E-state index in [0.717, 1.165) is 44.3 Å². The highest BCUT2D eigenvalue weighted by atomic mass is 16.5. The second-order valence-electron chi connectivity index (χ2n) is 11.3. The third kappa shape index (κ3) is 8.83. The molecule has 0 aromatic heterocycles. The van der Waals surface area contributed by atoms with Crippen molar-refractivity contribution < 1.29 is 19.6 Å². The summed E-state index contributed by atoms with van der Waals surface area (Å²) in [5, 5.41) is 22.8. The number of hydrogen-bond acceptors (Lipinski definition) is 6. The summed E-state index contributed by atoms with van der Waals surface area (Å²) in [5.41, 5.74) is 1.26. The number of piperazine rings is 1. The van der Waals surface area contributed by atoms with Gasteiger partial charge in [-0.05, 0) is 29.4 Å². The van der Waals surface area contributed by atoms with E-state index in [9.17, 15) is 24.9 Å². The average molecular weight is 512 g/mol. The van der Waals surface area contributed by atoms with Crippen LogP contribution in [0.15, 0.2) is 24.3 Å². The zero-order valence-electron chi connectivity index (χ0n) is 22.2. The molecular weight excluding hydrogens is 470 g/mol. The van der Waals surface area contributed by atoms with E-state index in [-0.39, 0.29) is 18.2 Å². The molecule has 2 N–H and O–H groups in total. The van der Waals surface area contributed by atoms with Crippen molar-refractivity contribution in [2.24, 2.45) is 11.3 Å². The molecule has 202 valence electrons. The van der Waals surface area contributed by atoms with E-state index in [1.807, 2.05) is 43.0 Å². The minimum atomic E-state index is -0.526. The predicted octanol–water partition coefficient (Wildman–Crippen LogP) is 2.92. The Morgan fingerprint density at radius 2 is 1.89 bits per heavy atom. The molecule has 0 spiro atoms. The van der Waals surface area contributed by atoms with Crippen molar-refractivity contribution >= 4 is 18.2 Å². The van der Waals surface area contributed by atoms with Crippen molar-refractivity contribution in [3.05, 3.63) is 35.4 Å². The van der Waals surface area contributed by atoms with Crippen LogP contribution < -0.4 is 5.32 Å². The van der Waals surface area contributed by atoms with Gasteiger partial charge in [-0.15, -0.1) is 0 Å². The van der Waals surface area contributed by atoms with E-state index in [2.05, 4.69) is 16.3 Å². The van der Waals surface area contributed by atoms with E-state index in [1.165, 1.54) is 0 Å². The van der Waals surface area contributed by atoms with Crippen LogP contribution in [-0.2, 0) is 20.9 Å². The summed E-state index contributed by atoms with van der Waals surface area (Å²) in [7, 11) is 0. The second-order valence-corrected chi connectivity index (χ2v) is 11.3. The second kappa shape index (κ2) is 13.5. The van der Waals surface area contributed by atoms with Gasteiger partial charge in [-0.2, -0.15) is 5.26 Å². The van der Waals surface area contributed by atoms with Gasteiger partial charge in [-0.3, -0.25) is 24.5 Å². The predicted molar refractivity (Wildman–Crippen MR) is 139 cm³/mol. The molecule has 1 aromatic rings. The first-order valence-electron chi connectivity index (χ1n) is 13.4. The fraction of sp³-hybridized carbons (Fsp3) is 0.643. The van der Waals surface area contributed by atoms with Crippen molar-refractivity contribution in [3.8, 4) is 6.07 Å². The van der Waals surface area contributed by atoms with Crippen molar-refractivity contribution in [2.75, 3.05) is 32.7 Å².